The summed E-state index contributed by atoms with van der Waals surface area (Å²) in [6.07, 6.45) is -0.442. The zero-order chi connectivity index (χ0) is 15.5. The van der Waals surface area contributed by atoms with Crippen molar-refractivity contribution in [1.82, 2.24) is 9.97 Å². The van der Waals surface area contributed by atoms with Crippen LogP contribution in [0.25, 0.3) is 0 Å². The summed E-state index contributed by atoms with van der Waals surface area (Å²) in [6.45, 7) is 0. The van der Waals surface area contributed by atoms with E-state index in [9.17, 15) is 18.0 Å². The van der Waals surface area contributed by atoms with Gasteiger partial charge in [-0.3, -0.25) is 9.59 Å². The number of carboxylic acid groups (broad SMARTS) is 1. The first-order chi connectivity index (χ1) is 9.87. The maximum Gasteiger partial charge on any atom is 0.309 e. The number of carbonyl (C=O) groups is 1. The quantitative estimate of drug-likeness (QED) is 0.824. The monoisotopic (exact) mass is 308 g/mol. The normalized spacial score (nSPS) is 11.2. The highest BCUT2D eigenvalue weighted by molar-refractivity contribution is 7.90. The summed E-state index contributed by atoms with van der Waals surface area (Å²) in [5, 5.41) is 8.69. The van der Waals surface area contributed by atoms with E-state index in [0.29, 0.717) is 0 Å². The molecule has 0 aliphatic heterocycles. The van der Waals surface area contributed by atoms with Crippen LogP contribution < -0.4 is 5.56 Å². The predicted molar refractivity (Wildman–Crippen MR) is 73.5 cm³/mol. The van der Waals surface area contributed by atoms with Crippen LogP contribution in [0.2, 0.25) is 0 Å². The topological polar surface area (TPSA) is 117 Å². The van der Waals surface area contributed by atoms with E-state index >= 15 is 0 Å². The molecular weight excluding hydrogens is 296 g/mol. The van der Waals surface area contributed by atoms with Crippen molar-refractivity contribution in [1.29, 1.82) is 0 Å². The van der Waals surface area contributed by atoms with Crippen LogP contribution in [0, 0.1) is 0 Å². The number of nitrogens with one attached hydrogen (secondary N) is 1. The number of aromatic amines is 1. The summed E-state index contributed by atoms with van der Waals surface area (Å²) in [6, 6.07) is 8.77. The third-order valence-electron chi connectivity index (χ3n) is 2.61. The van der Waals surface area contributed by atoms with E-state index in [2.05, 4.69) is 9.97 Å². The molecule has 1 aromatic heterocycles. The fraction of sp³-hybridized carbons (Fsp3) is 0.154. The van der Waals surface area contributed by atoms with Gasteiger partial charge in [-0.1, -0.05) is 18.2 Å². The number of aliphatic carboxylic acids is 1. The van der Waals surface area contributed by atoms with Gasteiger partial charge in [-0.05, 0) is 12.1 Å². The zero-order valence-corrected chi connectivity index (χ0v) is 11.6. The predicted octanol–water partition coefficient (Wildman–Crippen LogP) is 0.371. The number of hydrogen-bond acceptors (Lipinski definition) is 5. The SMILES string of the molecule is O=C(O)Cc1cc(=O)[nH]c(CS(=O)(=O)c2ccccc2)n1. The van der Waals surface area contributed by atoms with Gasteiger partial charge >= 0.3 is 5.97 Å². The Balaban J connectivity index is 2.33. The van der Waals surface area contributed by atoms with Gasteiger partial charge in [0, 0.05) is 6.07 Å². The molecule has 1 aromatic carbocycles. The van der Waals surface area contributed by atoms with Crippen LogP contribution in [0.15, 0.2) is 46.1 Å². The molecule has 21 heavy (non-hydrogen) atoms. The number of nitrogens with zero attached hydrogens (tertiary/aromatic N) is 1. The molecule has 0 aliphatic carbocycles. The van der Waals surface area contributed by atoms with Gasteiger partial charge in [-0.2, -0.15) is 0 Å². The second-order valence-electron chi connectivity index (χ2n) is 4.33. The van der Waals surface area contributed by atoms with Gasteiger partial charge in [0.1, 0.15) is 11.6 Å². The Labute approximate surface area is 120 Å². The lowest BCUT2D eigenvalue weighted by Crippen LogP contribution is -2.17. The lowest BCUT2D eigenvalue weighted by Gasteiger charge is -2.05. The number of sulfone groups is 1. The van der Waals surface area contributed by atoms with Gasteiger partial charge in [0.2, 0.25) is 0 Å². The summed E-state index contributed by atoms with van der Waals surface area (Å²) in [4.78, 5) is 28.3. The molecule has 0 bridgehead atoms. The molecule has 0 amide bonds. The van der Waals surface area contributed by atoms with Crippen molar-refractivity contribution in [3.8, 4) is 0 Å². The average Bonchev–Trinajstić information content (AvgIpc) is 2.37. The number of benzene rings is 1. The Bertz CT molecular complexity index is 812. The molecular formula is C13H12N2O5S. The molecule has 0 radical (unpaired) electrons. The molecule has 0 unspecified atom stereocenters. The fourth-order valence-electron chi connectivity index (χ4n) is 1.77. The first-order valence-corrected chi connectivity index (χ1v) is 7.61. The molecule has 0 saturated heterocycles. The van der Waals surface area contributed by atoms with Crippen LogP contribution in [0.5, 0.6) is 0 Å². The molecule has 8 heteroatoms. The van der Waals surface area contributed by atoms with Gasteiger partial charge in [0.25, 0.3) is 5.56 Å². The summed E-state index contributed by atoms with van der Waals surface area (Å²) in [5.74, 6) is -1.73. The van der Waals surface area contributed by atoms with Gasteiger partial charge in [-0.15, -0.1) is 0 Å². The van der Waals surface area contributed by atoms with Crippen molar-refractivity contribution < 1.29 is 18.3 Å². The van der Waals surface area contributed by atoms with E-state index in [1.165, 1.54) is 12.1 Å². The van der Waals surface area contributed by atoms with Gasteiger partial charge in [-0.25, -0.2) is 13.4 Å². The second-order valence-corrected chi connectivity index (χ2v) is 6.32. The zero-order valence-electron chi connectivity index (χ0n) is 10.8. The van der Waals surface area contributed by atoms with Gasteiger partial charge in [0.15, 0.2) is 9.84 Å². The van der Waals surface area contributed by atoms with E-state index in [0.717, 1.165) is 6.07 Å². The smallest absolute Gasteiger partial charge is 0.309 e. The average molecular weight is 308 g/mol. The molecule has 7 nitrogen and oxygen atoms in total. The van der Waals surface area contributed by atoms with E-state index in [4.69, 9.17) is 5.11 Å². The van der Waals surface area contributed by atoms with Crippen LogP contribution in [-0.2, 0) is 26.8 Å². The van der Waals surface area contributed by atoms with Crippen LogP contribution in [-0.4, -0.2) is 29.5 Å². The van der Waals surface area contributed by atoms with Crippen molar-refractivity contribution in [3.05, 3.63) is 58.3 Å². The number of carboxylic acids is 1. The van der Waals surface area contributed by atoms with Gasteiger partial charge in [0.05, 0.1) is 17.0 Å². The molecule has 0 aliphatic rings. The first-order valence-electron chi connectivity index (χ1n) is 5.95. The van der Waals surface area contributed by atoms with Crippen molar-refractivity contribution in [2.45, 2.75) is 17.1 Å². The largest absolute Gasteiger partial charge is 0.481 e. The Kier molecular flexibility index (Phi) is 4.18. The third kappa shape index (κ3) is 3.99. The van der Waals surface area contributed by atoms with E-state index < -0.39 is 33.5 Å². The Morgan fingerprint density at radius 2 is 1.90 bits per heavy atom. The van der Waals surface area contributed by atoms with E-state index in [-0.39, 0.29) is 16.4 Å². The van der Waals surface area contributed by atoms with E-state index in [1.54, 1.807) is 18.2 Å². The van der Waals surface area contributed by atoms with Crippen molar-refractivity contribution in [2.24, 2.45) is 0 Å². The Hall–Kier alpha value is -2.48. The molecule has 0 spiro atoms. The Morgan fingerprint density at radius 3 is 2.52 bits per heavy atom. The van der Waals surface area contributed by atoms with Crippen LogP contribution in [0.4, 0.5) is 0 Å². The van der Waals surface area contributed by atoms with Crippen molar-refractivity contribution in [3.63, 3.8) is 0 Å². The summed E-state index contributed by atoms with van der Waals surface area (Å²) in [5.41, 5.74) is -0.566. The Morgan fingerprint density at radius 1 is 1.24 bits per heavy atom. The minimum absolute atomic E-state index is 0.0181. The molecule has 0 fully saturated rings. The third-order valence-corrected chi connectivity index (χ3v) is 4.25. The molecule has 1 heterocycles. The highest BCUT2D eigenvalue weighted by Gasteiger charge is 2.17. The fourth-order valence-corrected chi connectivity index (χ4v) is 3.00. The van der Waals surface area contributed by atoms with Crippen LogP contribution in [0.1, 0.15) is 11.5 Å². The molecule has 0 saturated carbocycles. The lowest BCUT2D eigenvalue weighted by molar-refractivity contribution is -0.136. The first kappa shape index (κ1) is 14.9. The number of aromatic nitrogens is 2. The molecule has 2 aromatic rings. The van der Waals surface area contributed by atoms with E-state index in [1.807, 2.05) is 0 Å². The summed E-state index contributed by atoms with van der Waals surface area (Å²) >= 11 is 0. The van der Waals surface area contributed by atoms with Crippen LogP contribution in [0.3, 0.4) is 0 Å². The summed E-state index contributed by atoms with van der Waals surface area (Å²) in [7, 11) is -3.66. The van der Waals surface area contributed by atoms with Gasteiger partial charge < -0.3 is 10.1 Å². The standard InChI is InChI=1S/C13H12N2O5S/c16-12-6-9(7-13(17)18)14-11(15-12)8-21(19,20)10-4-2-1-3-5-10/h1-6H,7-8H2,(H,17,18)(H,14,15,16). The van der Waals surface area contributed by atoms with Crippen LogP contribution >= 0.6 is 0 Å². The number of H-pyrrole nitrogens is 1. The highest BCUT2D eigenvalue weighted by Crippen LogP contribution is 2.13. The number of rotatable bonds is 5. The van der Waals surface area contributed by atoms with Crippen molar-refractivity contribution >= 4 is 15.8 Å². The maximum atomic E-state index is 12.2. The molecule has 2 rings (SSSR count). The van der Waals surface area contributed by atoms with Crippen molar-refractivity contribution in [2.75, 3.05) is 0 Å². The molecule has 0 atom stereocenters. The molecule has 110 valence electrons. The maximum absolute atomic E-state index is 12.2. The lowest BCUT2D eigenvalue weighted by atomic mass is 10.3. The second kappa shape index (κ2) is 5.88. The summed E-state index contributed by atoms with van der Waals surface area (Å²) < 4.78 is 24.3. The molecule has 2 N–H and O–H groups in total. The highest BCUT2D eigenvalue weighted by atomic mass is 32.2. The minimum atomic E-state index is -3.66. The minimum Gasteiger partial charge on any atom is -0.481 e. The number of hydrogen-bond donors (Lipinski definition) is 2.